The van der Waals surface area contributed by atoms with Crippen LogP contribution in [0.3, 0.4) is 0 Å². The minimum absolute atomic E-state index is 0.309. The monoisotopic (exact) mass is 259 g/mol. The molecule has 1 aliphatic heterocycles. The molecule has 3 heteroatoms. The molecule has 0 amide bonds. The number of rotatable bonds is 5. The van der Waals surface area contributed by atoms with Crippen LogP contribution in [0.5, 0.6) is 0 Å². The first-order valence-electron chi connectivity index (χ1n) is 7.46. The van der Waals surface area contributed by atoms with E-state index in [0.717, 1.165) is 31.3 Å². The van der Waals surface area contributed by atoms with Gasteiger partial charge in [-0.25, -0.2) is 0 Å². The second kappa shape index (κ2) is 5.14. The standard InChI is InChI=1S/C16H25N3/c1-11-7-14(11)10-18-15(9-17)12-3-4-16-13(8-12)5-6-19(16)2/h3-4,8,11,14-15,18H,5-7,9-10,17H2,1-2H3. The number of fused-ring (bicyclic) bond motifs is 1. The highest BCUT2D eigenvalue weighted by molar-refractivity contribution is 5.58. The first-order chi connectivity index (χ1) is 9.19. The van der Waals surface area contributed by atoms with E-state index in [1.165, 1.54) is 23.2 Å². The van der Waals surface area contributed by atoms with Crippen LogP contribution in [0.1, 0.15) is 30.5 Å². The van der Waals surface area contributed by atoms with Gasteiger partial charge in [0, 0.05) is 31.9 Å². The Morgan fingerprint density at radius 2 is 2.26 bits per heavy atom. The maximum Gasteiger partial charge on any atom is 0.0444 e. The summed E-state index contributed by atoms with van der Waals surface area (Å²) in [5, 5.41) is 3.64. The van der Waals surface area contributed by atoms with Gasteiger partial charge in [0.15, 0.2) is 0 Å². The number of benzene rings is 1. The van der Waals surface area contributed by atoms with E-state index in [9.17, 15) is 0 Å². The molecule has 104 valence electrons. The second-order valence-electron chi connectivity index (χ2n) is 6.23. The molecule has 1 aliphatic carbocycles. The zero-order valence-electron chi connectivity index (χ0n) is 12.0. The first kappa shape index (κ1) is 12.9. The molecule has 0 spiro atoms. The number of anilines is 1. The summed E-state index contributed by atoms with van der Waals surface area (Å²) in [5.74, 6) is 1.77. The van der Waals surface area contributed by atoms with E-state index in [1.54, 1.807) is 0 Å². The van der Waals surface area contributed by atoms with Gasteiger partial charge in [0.1, 0.15) is 0 Å². The smallest absolute Gasteiger partial charge is 0.0444 e. The molecule has 3 rings (SSSR count). The van der Waals surface area contributed by atoms with Gasteiger partial charge in [-0.2, -0.15) is 0 Å². The van der Waals surface area contributed by atoms with Gasteiger partial charge >= 0.3 is 0 Å². The lowest BCUT2D eigenvalue weighted by Gasteiger charge is -2.19. The summed E-state index contributed by atoms with van der Waals surface area (Å²) in [7, 11) is 2.17. The topological polar surface area (TPSA) is 41.3 Å². The van der Waals surface area contributed by atoms with E-state index in [2.05, 4.69) is 42.4 Å². The number of hydrogen-bond acceptors (Lipinski definition) is 3. The Bertz CT molecular complexity index is 457. The van der Waals surface area contributed by atoms with Gasteiger partial charge in [-0.15, -0.1) is 0 Å². The predicted molar refractivity (Wildman–Crippen MR) is 80.5 cm³/mol. The average molecular weight is 259 g/mol. The minimum Gasteiger partial charge on any atom is -0.374 e. The fourth-order valence-electron chi connectivity index (χ4n) is 3.12. The number of nitrogens with two attached hydrogens (primary N) is 1. The van der Waals surface area contributed by atoms with Crippen LogP contribution in [0.4, 0.5) is 5.69 Å². The van der Waals surface area contributed by atoms with Crippen LogP contribution in [0.2, 0.25) is 0 Å². The number of hydrogen-bond donors (Lipinski definition) is 2. The third-order valence-corrected chi connectivity index (χ3v) is 4.77. The van der Waals surface area contributed by atoms with Crippen molar-refractivity contribution in [2.24, 2.45) is 17.6 Å². The second-order valence-corrected chi connectivity index (χ2v) is 6.23. The number of likely N-dealkylation sites (N-methyl/N-ethyl adjacent to an activating group) is 1. The minimum atomic E-state index is 0.309. The van der Waals surface area contributed by atoms with Crippen LogP contribution in [-0.4, -0.2) is 26.7 Å². The zero-order valence-corrected chi connectivity index (χ0v) is 12.0. The quantitative estimate of drug-likeness (QED) is 0.849. The molecular weight excluding hydrogens is 234 g/mol. The Morgan fingerprint density at radius 3 is 2.95 bits per heavy atom. The Hall–Kier alpha value is -1.06. The molecule has 0 radical (unpaired) electrons. The molecule has 3 atom stereocenters. The van der Waals surface area contributed by atoms with Gasteiger partial charge in [0.05, 0.1) is 0 Å². The van der Waals surface area contributed by atoms with Crippen molar-refractivity contribution in [1.82, 2.24) is 5.32 Å². The molecule has 19 heavy (non-hydrogen) atoms. The summed E-state index contributed by atoms with van der Waals surface area (Å²) in [5.41, 5.74) is 10.2. The van der Waals surface area contributed by atoms with E-state index in [0.29, 0.717) is 12.6 Å². The number of nitrogens with zero attached hydrogens (tertiary/aromatic N) is 1. The Kier molecular flexibility index (Phi) is 3.50. The zero-order chi connectivity index (χ0) is 13.4. The lowest BCUT2D eigenvalue weighted by atomic mass is 10.0. The molecule has 1 fully saturated rings. The van der Waals surface area contributed by atoms with Crippen molar-refractivity contribution in [1.29, 1.82) is 0 Å². The van der Waals surface area contributed by atoms with Gasteiger partial charge in [-0.1, -0.05) is 19.1 Å². The van der Waals surface area contributed by atoms with Gasteiger partial charge < -0.3 is 16.0 Å². The van der Waals surface area contributed by atoms with E-state index >= 15 is 0 Å². The lowest BCUT2D eigenvalue weighted by Crippen LogP contribution is -2.30. The molecule has 3 nitrogen and oxygen atoms in total. The molecular formula is C16H25N3. The molecule has 2 aliphatic rings. The van der Waals surface area contributed by atoms with Crippen LogP contribution in [0.15, 0.2) is 18.2 Å². The highest BCUT2D eigenvalue weighted by atomic mass is 15.1. The summed E-state index contributed by atoms with van der Waals surface area (Å²) >= 11 is 0. The maximum absolute atomic E-state index is 5.95. The van der Waals surface area contributed by atoms with Crippen LogP contribution in [0, 0.1) is 11.8 Å². The fourth-order valence-corrected chi connectivity index (χ4v) is 3.12. The third-order valence-electron chi connectivity index (χ3n) is 4.77. The third kappa shape index (κ3) is 2.63. The highest BCUT2D eigenvalue weighted by Gasteiger charge is 2.32. The Labute approximate surface area is 116 Å². The molecule has 0 bridgehead atoms. The SMILES string of the molecule is CC1CC1CNC(CN)c1ccc2c(c1)CCN2C. The van der Waals surface area contributed by atoms with E-state index in [4.69, 9.17) is 5.73 Å². The lowest BCUT2D eigenvalue weighted by molar-refractivity contribution is 0.511. The van der Waals surface area contributed by atoms with Crippen LogP contribution < -0.4 is 16.0 Å². The highest BCUT2D eigenvalue weighted by Crippen LogP contribution is 2.37. The fraction of sp³-hybridized carbons (Fsp3) is 0.625. The van der Waals surface area contributed by atoms with E-state index in [-0.39, 0.29) is 0 Å². The predicted octanol–water partition coefficient (Wildman–Crippen LogP) is 1.92. The van der Waals surface area contributed by atoms with Crippen molar-refractivity contribution in [3.05, 3.63) is 29.3 Å². The summed E-state index contributed by atoms with van der Waals surface area (Å²) in [6.07, 6.45) is 2.54. The maximum atomic E-state index is 5.95. The van der Waals surface area contributed by atoms with Gasteiger partial charge in [0.25, 0.3) is 0 Å². The number of nitrogens with one attached hydrogen (secondary N) is 1. The molecule has 1 saturated carbocycles. The first-order valence-corrected chi connectivity index (χ1v) is 7.46. The molecule has 3 N–H and O–H groups in total. The molecule has 1 aromatic rings. The average Bonchev–Trinajstić information content (AvgIpc) is 3.00. The van der Waals surface area contributed by atoms with Crippen molar-refractivity contribution in [2.75, 3.05) is 31.6 Å². The molecule has 0 saturated heterocycles. The van der Waals surface area contributed by atoms with Crippen molar-refractivity contribution in [3.63, 3.8) is 0 Å². The molecule has 1 aromatic carbocycles. The van der Waals surface area contributed by atoms with Crippen LogP contribution in [0.25, 0.3) is 0 Å². The normalized spacial score (nSPS) is 26.4. The van der Waals surface area contributed by atoms with Crippen molar-refractivity contribution in [2.45, 2.75) is 25.8 Å². The summed E-state index contributed by atoms with van der Waals surface area (Å²) < 4.78 is 0. The molecule has 3 unspecified atom stereocenters. The summed E-state index contributed by atoms with van der Waals surface area (Å²) in [4.78, 5) is 2.33. The van der Waals surface area contributed by atoms with Crippen molar-refractivity contribution < 1.29 is 0 Å². The molecule has 1 heterocycles. The van der Waals surface area contributed by atoms with Crippen molar-refractivity contribution >= 4 is 5.69 Å². The Morgan fingerprint density at radius 1 is 1.47 bits per heavy atom. The van der Waals surface area contributed by atoms with Gasteiger partial charge in [0.2, 0.25) is 0 Å². The van der Waals surface area contributed by atoms with E-state index < -0.39 is 0 Å². The Balaban J connectivity index is 1.69. The molecule has 0 aromatic heterocycles. The van der Waals surface area contributed by atoms with Gasteiger partial charge in [-0.3, -0.25) is 0 Å². The largest absolute Gasteiger partial charge is 0.374 e. The van der Waals surface area contributed by atoms with Crippen molar-refractivity contribution in [3.8, 4) is 0 Å². The van der Waals surface area contributed by atoms with Crippen LogP contribution >= 0.6 is 0 Å². The van der Waals surface area contributed by atoms with Gasteiger partial charge in [-0.05, 0) is 48.4 Å². The van der Waals surface area contributed by atoms with E-state index in [1.807, 2.05) is 0 Å². The van der Waals surface area contributed by atoms with Crippen LogP contribution in [-0.2, 0) is 6.42 Å². The summed E-state index contributed by atoms with van der Waals surface area (Å²) in [6.45, 7) is 5.25. The summed E-state index contributed by atoms with van der Waals surface area (Å²) in [6, 6.07) is 7.15.